The average molecular weight is 138 g/mol. The first kappa shape index (κ1) is 7.40. The maximum atomic E-state index is 8.66. The fraction of sp³-hybridized carbons (Fsp3) is 0.875. The van der Waals surface area contributed by atoms with Gasteiger partial charge in [-0.2, -0.15) is 5.26 Å². The van der Waals surface area contributed by atoms with Crippen LogP contribution in [-0.4, -0.2) is 17.5 Å². The molecule has 0 saturated heterocycles. The highest BCUT2D eigenvalue weighted by Gasteiger charge is 2.19. The summed E-state index contributed by atoms with van der Waals surface area (Å²) in [7, 11) is 0. The van der Waals surface area contributed by atoms with Crippen LogP contribution in [0.1, 0.15) is 32.6 Å². The zero-order valence-corrected chi connectivity index (χ0v) is 6.51. The largest absolute Gasteiger partial charge is 0.308 e. The summed E-state index contributed by atoms with van der Waals surface area (Å²) in [6.07, 6.45) is 7.29. The molecule has 0 aromatic rings. The summed E-state index contributed by atoms with van der Waals surface area (Å²) in [4.78, 5) is 1.90. The summed E-state index contributed by atoms with van der Waals surface area (Å²) >= 11 is 0. The molecule has 1 aliphatic carbocycles. The fourth-order valence-corrected chi connectivity index (χ4v) is 1.63. The Labute approximate surface area is 62.4 Å². The van der Waals surface area contributed by atoms with E-state index in [0.29, 0.717) is 6.04 Å². The van der Waals surface area contributed by atoms with Crippen molar-refractivity contribution in [3.63, 3.8) is 0 Å². The lowest BCUT2D eigenvalue weighted by Crippen LogP contribution is -2.27. The van der Waals surface area contributed by atoms with Crippen molar-refractivity contribution >= 4 is 0 Å². The molecule has 0 aliphatic heterocycles. The highest BCUT2D eigenvalue weighted by Crippen LogP contribution is 2.22. The van der Waals surface area contributed by atoms with Crippen molar-refractivity contribution in [3.05, 3.63) is 0 Å². The molecule has 0 amide bonds. The third-order valence-electron chi connectivity index (χ3n) is 2.23. The van der Waals surface area contributed by atoms with Crippen molar-refractivity contribution in [2.24, 2.45) is 0 Å². The third kappa shape index (κ3) is 1.41. The van der Waals surface area contributed by atoms with Gasteiger partial charge in [-0.25, -0.2) is 0 Å². The van der Waals surface area contributed by atoms with Crippen LogP contribution in [0.2, 0.25) is 0 Å². The minimum absolute atomic E-state index is 0.565. The predicted octanol–water partition coefficient (Wildman–Crippen LogP) is 1.73. The second-order valence-electron chi connectivity index (χ2n) is 2.82. The van der Waals surface area contributed by atoms with E-state index in [1.165, 1.54) is 25.7 Å². The molecular formula is C8H14N2. The van der Waals surface area contributed by atoms with E-state index in [2.05, 4.69) is 6.19 Å². The smallest absolute Gasteiger partial charge is 0.179 e. The normalized spacial score (nSPS) is 18.8. The monoisotopic (exact) mass is 138 g/mol. The first-order valence-corrected chi connectivity index (χ1v) is 4.05. The van der Waals surface area contributed by atoms with Gasteiger partial charge in [0.15, 0.2) is 6.19 Å². The molecule has 0 atom stereocenters. The molecule has 0 radical (unpaired) electrons. The van der Waals surface area contributed by atoms with Crippen molar-refractivity contribution in [3.8, 4) is 6.19 Å². The molecule has 0 spiro atoms. The Morgan fingerprint density at radius 2 is 2.10 bits per heavy atom. The van der Waals surface area contributed by atoms with Gasteiger partial charge in [0.05, 0.1) is 0 Å². The van der Waals surface area contributed by atoms with E-state index in [1.807, 2.05) is 11.8 Å². The first-order chi connectivity index (χ1) is 4.88. The van der Waals surface area contributed by atoms with Crippen LogP contribution >= 0.6 is 0 Å². The number of nitrogens with zero attached hydrogens (tertiary/aromatic N) is 2. The second kappa shape index (κ2) is 3.46. The van der Waals surface area contributed by atoms with Crippen LogP contribution in [0.25, 0.3) is 0 Å². The van der Waals surface area contributed by atoms with E-state index in [9.17, 15) is 0 Å². The quantitative estimate of drug-likeness (QED) is 0.429. The number of nitriles is 1. The van der Waals surface area contributed by atoms with Gasteiger partial charge in [0.25, 0.3) is 0 Å². The Morgan fingerprint density at radius 3 is 2.50 bits per heavy atom. The van der Waals surface area contributed by atoms with Crippen molar-refractivity contribution < 1.29 is 0 Å². The van der Waals surface area contributed by atoms with Crippen molar-refractivity contribution in [1.82, 2.24) is 4.90 Å². The lowest BCUT2D eigenvalue weighted by atomic mass is 10.2. The zero-order chi connectivity index (χ0) is 7.40. The Morgan fingerprint density at radius 1 is 1.50 bits per heavy atom. The molecule has 0 aromatic heterocycles. The fourth-order valence-electron chi connectivity index (χ4n) is 1.63. The molecule has 10 heavy (non-hydrogen) atoms. The minimum Gasteiger partial charge on any atom is -0.308 e. The lowest BCUT2D eigenvalue weighted by molar-refractivity contribution is 0.307. The SMILES string of the molecule is CCN(C#N)C1CCCC1. The summed E-state index contributed by atoms with van der Waals surface area (Å²) in [5.41, 5.74) is 0. The maximum Gasteiger partial charge on any atom is 0.179 e. The predicted molar refractivity (Wildman–Crippen MR) is 40.2 cm³/mol. The van der Waals surface area contributed by atoms with Crippen LogP contribution in [0.4, 0.5) is 0 Å². The van der Waals surface area contributed by atoms with Gasteiger partial charge in [0.2, 0.25) is 0 Å². The van der Waals surface area contributed by atoms with E-state index >= 15 is 0 Å². The average Bonchev–Trinajstić information content (AvgIpc) is 2.43. The second-order valence-corrected chi connectivity index (χ2v) is 2.82. The van der Waals surface area contributed by atoms with Crippen LogP contribution in [0.15, 0.2) is 0 Å². The Kier molecular flexibility index (Phi) is 2.56. The molecule has 1 saturated carbocycles. The molecule has 1 fully saturated rings. The van der Waals surface area contributed by atoms with E-state index < -0.39 is 0 Å². The van der Waals surface area contributed by atoms with Gasteiger partial charge < -0.3 is 4.90 Å². The molecular weight excluding hydrogens is 124 g/mol. The summed E-state index contributed by atoms with van der Waals surface area (Å²) in [6.45, 7) is 2.92. The Hall–Kier alpha value is -0.710. The van der Waals surface area contributed by atoms with Crippen molar-refractivity contribution in [2.75, 3.05) is 6.54 Å². The third-order valence-corrected chi connectivity index (χ3v) is 2.23. The Bertz CT molecular complexity index is 131. The lowest BCUT2D eigenvalue weighted by Gasteiger charge is -2.20. The van der Waals surface area contributed by atoms with Crippen molar-refractivity contribution in [2.45, 2.75) is 38.6 Å². The molecule has 2 nitrogen and oxygen atoms in total. The molecule has 1 rings (SSSR count). The molecule has 0 unspecified atom stereocenters. The van der Waals surface area contributed by atoms with Gasteiger partial charge in [-0.15, -0.1) is 0 Å². The van der Waals surface area contributed by atoms with Gasteiger partial charge in [0, 0.05) is 12.6 Å². The van der Waals surface area contributed by atoms with E-state index in [4.69, 9.17) is 5.26 Å². The molecule has 0 heterocycles. The van der Waals surface area contributed by atoms with Crippen LogP contribution < -0.4 is 0 Å². The number of rotatable bonds is 2. The van der Waals surface area contributed by atoms with E-state index in [-0.39, 0.29) is 0 Å². The van der Waals surface area contributed by atoms with Crippen LogP contribution in [-0.2, 0) is 0 Å². The molecule has 0 bridgehead atoms. The van der Waals surface area contributed by atoms with Crippen molar-refractivity contribution in [1.29, 1.82) is 5.26 Å². The zero-order valence-electron chi connectivity index (χ0n) is 6.51. The van der Waals surface area contributed by atoms with Crippen LogP contribution in [0, 0.1) is 11.5 Å². The molecule has 56 valence electrons. The van der Waals surface area contributed by atoms with E-state index in [0.717, 1.165) is 6.54 Å². The Balaban J connectivity index is 2.38. The van der Waals surface area contributed by atoms with Gasteiger partial charge in [-0.3, -0.25) is 0 Å². The molecule has 1 aliphatic rings. The topological polar surface area (TPSA) is 27.0 Å². The molecule has 0 aromatic carbocycles. The van der Waals surface area contributed by atoms with Gasteiger partial charge in [-0.05, 0) is 19.8 Å². The first-order valence-electron chi connectivity index (χ1n) is 4.05. The summed E-state index contributed by atoms with van der Waals surface area (Å²) in [5.74, 6) is 0. The number of hydrogen-bond donors (Lipinski definition) is 0. The molecule has 2 heteroatoms. The maximum absolute atomic E-state index is 8.66. The van der Waals surface area contributed by atoms with Crippen LogP contribution in [0.5, 0.6) is 0 Å². The minimum atomic E-state index is 0.565. The van der Waals surface area contributed by atoms with E-state index in [1.54, 1.807) is 0 Å². The number of hydrogen-bond acceptors (Lipinski definition) is 2. The highest BCUT2D eigenvalue weighted by molar-refractivity contribution is 4.84. The summed E-state index contributed by atoms with van der Waals surface area (Å²) < 4.78 is 0. The van der Waals surface area contributed by atoms with Gasteiger partial charge in [-0.1, -0.05) is 12.8 Å². The molecule has 0 N–H and O–H groups in total. The summed E-state index contributed by atoms with van der Waals surface area (Å²) in [5, 5.41) is 8.66. The van der Waals surface area contributed by atoms with Gasteiger partial charge in [0.1, 0.15) is 0 Å². The standard InChI is InChI=1S/C8H14N2/c1-2-10(7-9)8-5-3-4-6-8/h8H,2-6H2,1H3. The highest BCUT2D eigenvalue weighted by atomic mass is 15.1. The van der Waals surface area contributed by atoms with Gasteiger partial charge >= 0.3 is 0 Å². The summed E-state index contributed by atoms with van der Waals surface area (Å²) in [6, 6.07) is 0.565. The van der Waals surface area contributed by atoms with Crippen LogP contribution in [0.3, 0.4) is 0 Å².